The van der Waals surface area contributed by atoms with E-state index in [-0.39, 0.29) is 36.9 Å². The van der Waals surface area contributed by atoms with Gasteiger partial charge in [-0.2, -0.15) is 0 Å². The standard InChI is InChI=1S/C27H42N2O5S/c1-7-10-15-28(14-9-3)24(32)22-27-13-12-26(6,35-27)21(25(33)34-16-11-8-2)20(27)23(31)29(22)19(17-30)18(4)5/h8-9,18-22,30H,2-3,7,10-17H2,1,4-6H3/t19-,20-,21-,22?,26+,27?/m0/s1. The van der Waals surface area contributed by atoms with Gasteiger partial charge in [0.2, 0.25) is 11.8 Å². The average Bonchev–Trinajstić information content (AvgIpc) is 3.38. The summed E-state index contributed by atoms with van der Waals surface area (Å²) in [5, 5.41) is 10.3. The predicted octanol–water partition coefficient (Wildman–Crippen LogP) is 3.42. The lowest BCUT2D eigenvalue weighted by Gasteiger charge is -2.40. The molecule has 3 aliphatic rings. The number of unbranched alkanes of at least 4 members (excludes halogenated alkanes) is 1. The molecule has 3 fully saturated rings. The minimum absolute atomic E-state index is 0.0475. The van der Waals surface area contributed by atoms with Crippen LogP contribution >= 0.6 is 11.8 Å². The first-order chi connectivity index (χ1) is 16.6. The van der Waals surface area contributed by atoms with Crippen molar-refractivity contribution in [2.75, 3.05) is 26.3 Å². The molecule has 2 bridgehead atoms. The van der Waals surface area contributed by atoms with Crippen molar-refractivity contribution in [1.82, 2.24) is 9.80 Å². The predicted molar refractivity (Wildman–Crippen MR) is 139 cm³/mol. The molecule has 35 heavy (non-hydrogen) atoms. The normalized spacial score (nSPS) is 32.0. The second-order valence-corrected chi connectivity index (χ2v) is 12.5. The number of carbonyl (C=O) groups excluding carboxylic acids is 3. The molecule has 0 aromatic rings. The Bertz CT molecular complexity index is 847. The Morgan fingerprint density at radius 3 is 2.60 bits per heavy atom. The molecule has 1 N–H and O–H groups in total. The number of likely N-dealkylation sites (tertiary alicyclic amines) is 1. The van der Waals surface area contributed by atoms with Crippen LogP contribution < -0.4 is 0 Å². The zero-order valence-corrected chi connectivity index (χ0v) is 22.5. The molecule has 0 aliphatic carbocycles. The maximum absolute atomic E-state index is 14.2. The number of ether oxygens (including phenoxy) is 1. The molecule has 0 saturated carbocycles. The fourth-order valence-electron chi connectivity index (χ4n) is 6.28. The van der Waals surface area contributed by atoms with E-state index in [0.29, 0.717) is 25.9 Å². The van der Waals surface area contributed by atoms with Gasteiger partial charge >= 0.3 is 5.97 Å². The molecule has 1 spiro atoms. The molecule has 196 valence electrons. The first-order valence-corrected chi connectivity index (χ1v) is 13.8. The minimum atomic E-state index is -0.728. The smallest absolute Gasteiger partial charge is 0.311 e. The second-order valence-electron chi connectivity index (χ2n) is 10.6. The van der Waals surface area contributed by atoms with Gasteiger partial charge in [-0.1, -0.05) is 39.3 Å². The van der Waals surface area contributed by atoms with Crippen molar-refractivity contribution in [2.24, 2.45) is 17.8 Å². The molecule has 6 atom stereocenters. The number of nitrogens with zero attached hydrogens (tertiary/aromatic N) is 2. The molecular formula is C27H42N2O5S. The van der Waals surface area contributed by atoms with Crippen LogP contribution in [-0.2, 0) is 19.1 Å². The van der Waals surface area contributed by atoms with E-state index in [4.69, 9.17) is 4.74 Å². The van der Waals surface area contributed by atoms with Gasteiger partial charge in [-0.3, -0.25) is 14.4 Å². The molecule has 7 nitrogen and oxygen atoms in total. The Hall–Kier alpha value is -1.80. The summed E-state index contributed by atoms with van der Waals surface area (Å²) in [5.74, 6) is -1.98. The third-order valence-electron chi connectivity index (χ3n) is 8.03. The summed E-state index contributed by atoms with van der Waals surface area (Å²) in [6.07, 6.45) is 7.18. The van der Waals surface area contributed by atoms with E-state index in [1.165, 1.54) is 0 Å². The fraction of sp³-hybridized carbons (Fsp3) is 0.741. The number of hydrogen-bond acceptors (Lipinski definition) is 6. The van der Waals surface area contributed by atoms with Crippen molar-refractivity contribution in [3.8, 4) is 0 Å². The van der Waals surface area contributed by atoms with Gasteiger partial charge in [0.15, 0.2) is 0 Å². The summed E-state index contributed by atoms with van der Waals surface area (Å²) >= 11 is 1.63. The molecule has 2 amide bonds. The van der Waals surface area contributed by atoms with E-state index in [2.05, 4.69) is 20.1 Å². The van der Waals surface area contributed by atoms with Crippen LogP contribution in [0, 0.1) is 17.8 Å². The third kappa shape index (κ3) is 4.68. The highest BCUT2D eigenvalue weighted by Crippen LogP contribution is 2.71. The maximum atomic E-state index is 14.2. The van der Waals surface area contributed by atoms with Crippen LogP contribution in [0.3, 0.4) is 0 Å². The number of aliphatic hydroxyl groups is 1. The lowest BCUT2D eigenvalue weighted by molar-refractivity contribution is -0.156. The molecule has 0 radical (unpaired) electrons. The van der Waals surface area contributed by atoms with Gasteiger partial charge in [-0.15, -0.1) is 24.9 Å². The molecule has 3 rings (SSSR count). The highest BCUT2D eigenvalue weighted by atomic mass is 32.2. The highest BCUT2D eigenvalue weighted by molar-refractivity contribution is 8.02. The van der Waals surface area contributed by atoms with E-state index in [1.54, 1.807) is 33.7 Å². The zero-order valence-electron chi connectivity index (χ0n) is 21.7. The number of esters is 1. The number of thioether (sulfide) groups is 1. The number of amides is 2. The Morgan fingerprint density at radius 1 is 1.31 bits per heavy atom. The summed E-state index contributed by atoms with van der Waals surface area (Å²) < 4.78 is 4.42. The first kappa shape index (κ1) is 27.8. The SMILES string of the molecule is C=CCCOC(=O)[C@@H]1[C@H]2C(=O)N([C@@H](CO)C(C)C)C(C(=O)N(CC=C)CCCC)C23CC[C@@]1(C)S3. The second kappa shape index (κ2) is 11.1. The van der Waals surface area contributed by atoms with E-state index < -0.39 is 33.4 Å². The van der Waals surface area contributed by atoms with Crippen molar-refractivity contribution in [3.05, 3.63) is 25.3 Å². The molecule has 3 heterocycles. The first-order valence-electron chi connectivity index (χ1n) is 12.9. The van der Waals surface area contributed by atoms with Crippen LogP contribution in [0.1, 0.15) is 59.8 Å². The molecule has 3 aliphatic heterocycles. The Balaban J connectivity index is 2.08. The van der Waals surface area contributed by atoms with Gasteiger partial charge in [-0.25, -0.2) is 0 Å². The molecular weight excluding hydrogens is 464 g/mol. The van der Waals surface area contributed by atoms with Crippen molar-refractivity contribution in [3.63, 3.8) is 0 Å². The monoisotopic (exact) mass is 506 g/mol. The number of fused-ring (bicyclic) bond motifs is 1. The largest absolute Gasteiger partial charge is 0.465 e. The van der Waals surface area contributed by atoms with Crippen molar-refractivity contribution < 1.29 is 24.2 Å². The topological polar surface area (TPSA) is 87.1 Å². The van der Waals surface area contributed by atoms with Gasteiger partial charge < -0.3 is 19.6 Å². The van der Waals surface area contributed by atoms with E-state index >= 15 is 0 Å². The molecule has 2 unspecified atom stereocenters. The fourth-order valence-corrected chi connectivity index (χ4v) is 8.61. The summed E-state index contributed by atoms with van der Waals surface area (Å²) in [5.41, 5.74) is 0. The average molecular weight is 507 g/mol. The Morgan fingerprint density at radius 2 is 2.03 bits per heavy atom. The Kier molecular flexibility index (Phi) is 8.79. The van der Waals surface area contributed by atoms with E-state index in [1.807, 2.05) is 20.8 Å². The van der Waals surface area contributed by atoms with Gasteiger partial charge in [0.25, 0.3) is 0 Å². The van der Waals surface area contributed by atoms with Gasteiger partial charge in [-0.05, 0) is 38.5 Å². The lowest BCUT2D eigenvalue weighted by Crippen LogP contribution is -2.58. The number of rotatable bonds is 13. The van der Waals surface area contributed by atoms with Crippen molar-refractivity contribution >= 4 is 29.5 Å². The van der Waals surface area contributed by atoms with Crippen LogP contribution in [0.25, 0.3) is 0 Å². The molecule has 8 heteroatoms. The molecule has 3 saturated heterocycles. The van der Waals surface area contributed by atoms with Gasteiger partial charge in [0.05, 0.1) is 35.8 Å². The summed E-state index contributed by atoms with van der Waals surface area (Å²) in [6.45, 7) is 16.5. The third-order valence-corrected chi connectivity index (χ3v) is 10.0. The maximum Gasteiger partial charge on any atom is 0.311 e. The number of carbonyl (C=O) groups is 3. The Labute approximate surface area is 214 Å². The molecule has 0 aromatic carbocycles. The van der Waals surface area contributed by atoms with E-state index in [9.17, 15) is 19.5 Å². The van der Waals surface area contributed by atoms with Crippen molar-refractivity contribution in [1.29, 1.82) is 0 Å². The van der Waals surface area contributed by atoms with Crippen LogP contribution in [0.15, 0.2) is 25.3 Å². The summed E-state index contributed by atoms with van der Waals surface area (Å²) in [7, 11) is 0. The quantitative estimate of drug-likeness (QED) is 0.234. The minimum Gasteiger partial charge on any atom is -0.465 e. The summed E-state index contributed by atoms with van der Waals surface area (Å²) in [6, 6.07) is -1.23. The molecule has 0 aromatic heterocycles. The van der Waals surface area contributed by atoms with Crippen LogP contribution in [0.2, 0.25) is 0 Å². The van der Waals surface area contributed by atoms with E-state index in [0.717, 1.165) is 19.3 Å². The van der Waals surface area contributed by atoms with Gasteiger partial charge in [0, 0.05) is 17.8 Å². The van der Waals surface area contributed by atoms with Crippen LogP contribution in [0.4, 0.5) is 0 Å². The number of hydrogen-bond donors (Lipinski definition) is 1. The van der Waals surface area contributed by atoms with Crippen LogP contribution in [-0.4, -0.2) is 80.6 Å². The lowest BCUT2D eigenvalue weighted by atomic mass is 9.66. The van der Waals surface area contributed by atoms with Crippen molar-refractivity contribution in [2.45, 2.75) is 81.4 Å². The van der Waals surface area contributed by atoms with Gasteiger partial charge in [0.1, 0.15) is 6.04 Å². The summed E-state index contributed by atoms with van der Waals surface area (Å²) in [4.78, 5) is 45.1. The van der Waals surface area contributed by atoms with Crippen LogP contribution in [0.5, 0.6) is 0 Å². The number of aliphatic hydroxyl groups excluding tert-OH is 1. The highest BCUT2D eigenvalue weighted by Gasteiger charge is 2.78. The zero-order chi connectivity index (χ0) is 26.0.